The summed E-state index contributed by atoms with van der Waals surface area (Å²) in [6.07, 6.45) is -2.01. The molecule has 2 unspecified atom stereocenters. The minimum atomic E-state index is -1.69. The number of amides is 4. The van der Waals surface area contributed by atoms with E-state index >= 15 is 0 Å². The maximum Gasteiger partial charge on any atom is 0.243 e. The Bertz CT molecular complexity index is 2920. The van der Waals surface area contributed by atoms with E-state index in [0.717, 1.165) is 48.8 Å². The molecule has 4 amide bonds. The van der Waals surface area contributed by atoms with E-state index in [1.807, 2.05) is 106 Å². The van der Waals surface area contributed by atoms with Crippen molar-refractivity contribution in [1.29, 1.82) is 0 Å². The average molecular weight is 1020 g/mol. The van der Waals surface area contributed by atoms with Crippen LogP contribution < -0.4 is 10.6 Å². The van der Waals surface area contributed by atoms with Gasteiger partial charge in [-0.25, -0.2) is 9.97 Å². The highest BCUT2D eigenvalue weighted by Crippen LogP contribution is 2.42. The maximum atomic E-state index is 14.8. The number of carbonyl (C=O) groups excluding carboxylic acids is 4. The Balaban J connectivity index is 0.872. The van der Waals surface area contributed by atoms with Gasteiger partial charge in [0.25, 0.3) is 0 Å². The summed E-state index contributed by atoms with van der Waals surface area (Å²) in [5, 5.41) is 53.6. The van der Waals surface area contributed by atoms with Gasteiger partial charge in [-0.15, -0.1) is 22.7 Å². The summed E-state index contributed by atoms with van der Waals surface area (Å²) >= 11 is 2.97. The van der Waals surface area contributed by atoms with Crippen molar-refractivity contribution in [2.45, 2.75) is 115 Å². The van der Waals surface area contributed by atoms with Crippen molar-refractivity contribution in [2.75, 3.05) is 19.7 Å². The number of hydrogen-bond acceptors (Lipinski definition) is 15. The van der Waals surface area contributed by atoms with Crippen LogP contribution in [0.15, 0.2) is 94.4 Å². The predicted molar refractivity (Wildman–Crippen MR) is 270 cm³/mol. The number of hydrogen-bond donors (Lipinski definition) is 6. The Morgan fingerprint density at radius 2 is 1.44 bits per heavy atom. The van der Waals surface area contributed by atoms with Crippen molar-refractivity contribution in [3.05, 3.63) is 135 Å². The zero-order valence-electron chi connectivity index (χ0n) is 40.8. The van der Waals surface area contributed by atoms with Crippen molar-refractivity contribution in [3.8, 4) is 20.9 Å². The van der Waals surface area contributed by atoms with Crippen LogP contribution in [0.2, 0.25) is 0 Å². The molecule has 19 heteroatoms. The first-order valence-corrected chi connectivity index (χ1v) is 25.9. The Morgan fingerprint density at radius 1 is 0.819 bits per heavy atom. The van der Waals surface area contributed by atoms with E-state index in [4.69, 9.17) is 9.51 Å². The fraction of sp³-hybridized carbons (Fsp3) is 0.415. The summed E-state index contributed by atoms with van der Waals surface area (Å²) in [6, 6.07) is 21.8. The minimum Gasteiger partial charge on any atom is -0.393 e. The molecule has 17 nitrogen and oxygen atoms in total. The lowest BCUT2D eigenvalue weighted by Crippen LogP contribution is -2.55. The summed E-state index contributed by atoms with van der Waals surface area (Å²) in [7, 11) is 0. The van der Waals surface area contributed by atoms with Crippen LogP contribution in [0.4, 0.5) is 0 Å². The molecular weight excluding hydrogens is 957 g/mol. The monoisotopic (exact) mass is 1020 g/mol. The molecule has 378 valence electrons. The van der Waals surface area contributed by atoms with Crippen LogP contribution in [0, 0.1) is 19.8 Å². The normalized spacial score (nSPS) is 22.2. The fourth-order valence-electron chi connectivity index (χ4n) is 10.5. The van der Waals surface area contributed by atoms with E-state index in [0.29, 0.717) is 23.7 Å². The molecule has 3 aliphatic rings. The zero-order chi connectivity index (χ0) is 51.0. The molecule has 6 heterocycles. The highest BCUT2D eigenvalue weighted by Gasteiger charge is 2.51. The summed E-state index contributed by atoms with van der Waals surface area (Å²) in [5.41, 5.74) is 9.10. The van der Waals surface area contributed by atoms with E-state index in [1.54, 1.807) is 34.7 Å². The second-order valence-corrected chi connectivity index (χ2v) is 21.4. The van der Waals surface area contributed by atoms with Crippen molar-refractivity contribution in [2.24, 2.45) is 5.92 Å². The highest BCUT2D eigenvalue weighted by molar-refractivity contribution is 7.13. The second-order valence-electron chi connectivity index (χ2n) is 19.7. The smallest absolute Gasteiger partial charge is 0.243 e. The minimum absolute atomic E-state index is 0.0358. The Labute approximate surface area is 425 Å². The molecular formula is C53H60N8O9S2. The molecule has 0 bridgehead atoms. The largest absolute Gasteiger partial charge is 0.393 e. The Kier molecular flexibility index (Phi) is 14.9. The van der Waals surface area contributed by atoms with E-state index in [1.165, 1.54) is 21.1 Å². The molecule has 2 saturated heterocycles. The molecule has 6 N–H and O–H groups in total. The first-order chi connectivity index (χ1) is 34.5. The SMILES string of the molecule is Cc1cc([C@H](C(=O)N2C[C@H](O)C[C@H]2C(=O)NCc2ccc(-c3scnc3C)cc2)C(C)c2ncsc2-c2ccc(CNC(=O)[C@@H]3C[C@@](O)(CO)CN3C(=O)[C@H](C(C)C)N3Cc4ccccc4C3O)cc2)on1. The van der Waals surface area contributed by atoms with Crippen LogP contribution in [0.5, 0.6) is 0 Å². The van der Waals surface area contributed by atoms with Gasteiger partial charge in [-0.3, -0.25) is 24.1 Å². The molecule has 0 saturated carbocycles. The summed E-state index contributed by atoms with van der Waals surface area (Å²) < 4.78 is 5.76. The molecule has 9 rings (SSSR count). The number of β-amino-alcohol motifs (C(OH)–C–C–N with tert-alkyl or cyclic N) is 2. The third kappa shape index (κ3) is 10.2. The number of aliphatic hydroxyl groups is 4. The third-order valence-corrected chi connectivity index (χ3v) is 16.1. The van der Waals surface area contributed by atoms with Crippen molar-refractivity contribution >= 4 is 46.3 Å². The van der Waals surface area contributed by atoms with E-state index in [2.05, 4.69) is 20.8 Å². The number of benzene rings is 3. The fourth-order valence-corrected chi connectivity index (χ4v) is 12.2. The van der Waals surface area contributed by atoms with Gasteiger partial charge in [0.05, 0.1) is 63.2 Å². The molecule has 6 aromatic rings. The van der Waals surface area contributed by atoms with Crippen LogP contribution in [0.25, 0.3) is 20.9 Å². The highest BCUT2D eigenvalue weighted by atomic mass is 32.1. The second kappa shape index (κ2) is 21.1. The van der Waals surface area contributed by atoms with Gasteiger partial charge in [0.1, 0.15) is 35.6 Å². The van der Waals surface area contributed by atoms with E-state index in [9.17, 15) is 39.6 Å². The number of nitrogens with one attached hydrogen (secondary N) is 2. The summed E-state index contributed by atoms with van der Waals surface area (Å²) in [4.78, 5) is 72.5. The molecule has 3 aromatic carbocycles. The number of rotatable bonds is 16. The predicted octanol–water partition coefficient (Wildman–Crippen LogP) is 5.18. The number of carbonyl (C=O) groups is 4. The maximum absolute atomic E-state index is 14.8. The summed E-state index contributed by atoms with van der Waals surface area (Å²) in [6.45, 7) is 9.13. The molecule has 0 radical (unpaired) electrons. The number of nitrogens with zero attached hydrogens (tertiary/aromatic N) is 6. The van der Waals surface area contributed by atoms with Crippen molar-refractivity contribution in [1.82, 2.24) is 40.5 Å². The number of aliphatic hydroxyl groups excluding tert-OH is 3. The topological polar surface area (TPSA) is 235 Å². The molecule has 0 aliphatic carbocycles. The number of likely N-dealkylation sites (tertiary alicyclic amines) is 2. The van der Waals surface area contributed by atoms with Crippen LogP contribution in [0.3, 0.4) is 0 Å². The molecule has 3 aliphatic heterocycles. The van der Waals surface area contributed by atoms with Gasteiger partial charge in [0.15, 0.2) is 0 Å². The summed E-state index contributed by atoms with van der Waals surface area (Å²) in [5.74, 6) is -3.13. The van der Waals surface area contributed by atoms with Crippen LogP contribution in [-0.2, 0) is 38.8 Å². The lowest BCUT2D eigenvalue weighted by Gasteiger charge is -2.36. The van der Waals surface area contributed by atoms with Crippen molar-refractivity contribution in [3.63, 3.8) is 0 Å². The molecule has 0 spiro atoms. The van der Waals surface area contributed by atoms with Crippen LogP contribution >= 0.6 is 22.7 Å². The quantitative estimate of drug-likeness (QED) is 0.0735. The molecule has 2 fully saturated rings. The first kappa shape index (κ1) is 50.7. The lowest BCUT2D eigenvalue weighted by atomic mass is 9.86. The lowest BCUT2D eigenvalue weighted by molar-refractivity contribution is -0.149. The number of aromatic nitrogens is 3. The standard InChI is InChI=1S/C53H60N8O9S2/c1-29(2)45(60-23-37-8-6-7-9-39(37)50(60)66)52(68)61-25-53(69,26-62)20-41(61)49(65)55-22-34-12-16-36(17-13-34)47-44(57-28-72-47)31(4)43(42-18-30(3)58-70-42)51(67)59-24-38(63)19-40(59)48(64)54-21-33-10-14-35(15-11-33)46-32(5)56-27-71-46/h6-18,27-29,31,38,40-41,43,45,50,62-63,66,69H,19-26H2,1-5H3,(H,54,64)(H,55,65)/t31?,38-,40+,41+,43-,45+,50?,53+/m1/s1. The molecule has 3 aromatic heterocycles. The van der Waals surface area contributed by atoms with Crippen molar-refractivity contribution < 1.29 is 44.1 Å². The van der Waals surface area contributed by atoms with Crippen LogP contribution in [0.1, 0.15) is 96.8 Å². The Morgan fingerprint density at radius 3 is 2.04 bits per heavy atom. The van der Waals surface area contributed by atoms with Gasteiger partial charge < -0.3 is 45.4 Å². The van der Waals surface area contributed by atoms with E-state index in [-0.39, 0.29) is 50.8 Å². The zero-order valence-corrected chi connectivity index (χ0v) is 42.4. The van der Waals surface area contributed by atoms with Gasteiger partial charge in [0.2, 0.25) is 23.6 Å². The molecule has 8 atom stereocenters. The van der Waals surface area contributed by atoms with Gasteiger partial charge in [0, 0.05) is 51.0 Å². The number of thiazole rings is 2. The third-order valence-electron chi connectivity index (χ3n) is 14.3. The Hall–Kier alpha value is -6.19. The van der Waals surface area contributed by atoms with Crippen LogP contribution in [-0.4, -0.2) is 123 Å². The van der Waals surface area contributed by atoms with E-state index < -0.39 is 72.2 Å². The average Bonchev–Trinajstić information content (AvgIpc) is 4.26. The van der Waals surface area contributed by atoms with Gasteiger partial charge in [-0.05, 0) is 53.1 Å². The number of fused-ring (bicyclic) bond motifs is 1. The molecule has 72 heavy (non-hydrogen) atoms. The first-order valence-electron chi connectivity index (χ1n) is 24.2. The van der Waals surface area contributed by atoms with Gasteiger partial charge in [-0.1, -0.05) is 98.7 Å². The number of aryl methyl sites for hydroxylation is 2. The van der Waals surface area contributed by atoms with Gasteiger partial charge >= 0.3 is 0 Å². The van der Waals surface area contributed by atoms with Gasteiger partial charge in [-0.2, -0.15) is 0 Å².